The molecule has 0 unspecified atom stereocenters. The quantitative estimate of drug-likeness (QED) is 0.406. The topological polar surface area (TPSA) is 103 Å². The molecule has 2 aromatic rings. The maximum atomic E-state index is 11.8. The Morgan fingerprint density at radius 1 is 1.00 bits per heavy atom. The molecule has 0 radical (unpaired) electrons. The number of para-hydroxylation sites is 1. The van der Waals surface area contributed by atoms with Crippen molar-refractivity contribution in [1.82, 2.24) is 15.6 Å². The molecule has 2 saturated carbocycles. The van der Waals surface area contributed by atoms with Crippen LogP contribution in [-0.4, -0.2) is 45.9 Å². The monoisotopic (exact) mass is 485 g/mol. The third kappa shape index (κ3) is 9.21. The number of carboxylic acid groups (broad SMARTS) is 1. The fraction of sp³-hybridized carbons (Fsp3) is 0.643. The van der Waals surface area contributed by atoms with Crippen LogP contribution in [0.25, 0.3) is 10.9 Å². The number of aromatic nitrogens is 1. The number of carbonyl (C=O) groups is 2. The number of hydrogen-bond donors (Lipinski definition) is 4. The Labute approximate surface area is 209 Å². The van der Waals surface area contributed by atoms with Gasteiger partial charge < -0.3 is 25.5 Å². The van der Waals surface area contributed by atoms with Crippen LogP contribution in [0.2, 0.25) is 0 Å². The van der Waals surface area contributed by atoms with Gasteiger partial charge in [-0.15, -0.1) is 0 Å². The Morgan fingerprint density at radius 3 is 2.11 bits per heavy atom. The molecule has 0 bridgehead atoms. The van der Waals surface area contributed by atoms with Crippen LogP contribution in [0, 0.1) is 0 Å². The van der Waals surface area contributed by atoms with Gasteiger partial charge in [0.05, 0.1) is 0 Å². The number of aromatic amines is 1. The Morgan fingerprint density at radius 2 is 1.57 bits per heavy atom. The van der Waals surface area contributed by atoms with Crippen LogP contribution in [-0.2, 0) is 16.0 Å². The standard InChI is InChI=1S/C16H20N2O4.C12H23N/c1-16(2,3)22-15(21)18-13(14(19)20)8-10-9-17-12-7-5-4-6-11(10)12;1-3-7-11(8-4-1)13-12-9-5-2-6-10-12/h4-7,9,13,17H,8H2,1-3H3,(H,18,21)(H,19,20);11-13H,1-10H2/t13-;/m0./s1. The summed E-state index contributed by atoms with van der Waals surface area (Å²) < 4.78 is 5.10. The molecule has 1 atom stereocenters. The lowest BCUT2D eigenvalue weighted by molar-refractivity contribution is -0.139. The molecule has 0 spiro atoms. The molecule has 0 saturated heterocycles. The molecule has 1 amide bonds. The molecular weight excluding hydrogens is 442 g/mol. The van der Waals surface area contributed by atoms with Gasteiger partial charge in [-0.05, 0) is 58.1 Å². The normalized spacial score (nSPS) is 18.4. The van der Waals surface area contributed by atoms with Crippen molar-refractivity contribution in [2.75, 3.05) is 0 Å². The van der Waals surface area contributed by atoms with Crippen molar-refractivity contribution in [1.29, 1.82) is 0 Å². The lowest BCUT2D eigenvalue weighted by atomic mass is 9.91. The van der Waals surface area contributed by atoms with E-state index in [4.69, 9.17) is 4.74 Å². The van der Waals surface area contributed by atoms with E-state index in [-0.39, 0.29) is 6.42 Å². The first-order valence-electron chi connectivity index (χ1n) is 13.2. The number of alkyl carbamates (subject to hydrolysis) is 1. The van der Waals surface area contributed by atoms with Crippen LogP contribution in [0.15, 0.2) is 30.5 Å². The predicted molar refractivity (Wildman–Crippen MR) is 140 cm³/mol. The summed E-state index contributed by atoms with van der Waals surface area (Å²) in [7, 11) is 0. The van der Waals surface area contributed by atoms with Gasteiger partial charge in [-0.1, -0.05) is 56.7 Å². The predicted octanol–water partition coefficient (Wildman–Crippen LogP) is 5.93. The van der Waals surface area contributed by atoms with E-state index in [0.29, 0.717) is 0 Å². The molecule has 4 N–H and O–H groups in total. The van der Waals surface area contributed by atoms with Gasteiger partial charge in [0.2, 0.25) is 0 Å². The lowest BCUT2D eigenvalue weighted by Crippen LogP contribution is -2.44. The zero-order chi connectivity index (χ0) is 25.3. The van der Waals surface area contributed by atoms with Crippen molar-refractivity contribution >= 4 is 23.0 Å². The van der Waals surface area contributed by atoms with Crippen molar-refractivity contribution in [2.45, 2.75) is 115 Å². The highest BCUT2D eigenvalue weighted by molar-refractivity contribution is 5.85. The van der Waals surface area contributed by atoms with Gasteiger partial charge in [0.15, 0.2) is 0 Å². The SMILES string of the molecule is C1CCC(NC2CCCCC2)CC1.CC(C)(C)OC(=O)N[C@@H](Cc1c[nH]c2ccccc12)C(=O)O. The van der Waals surface area contributed by atoms with Gasteiger partial charge in [0.25, 0.3) is 0 Å². The summed E-state index contributed by atoms with van der Waals surface area (Å²) in [6.45, 7) is 5.17. The summed E-state index contributed by atoms with van der Waals surface area (Å²) in [5.41, 5.74) is 1.09. The number of benzene rings is 1. The highest BCUT2D eigenvalue weighted by atomic mass is 16.6. The Hall–Kier alpha value is -2.54. The van der Waals surface area contributed by atoms with Crippen LogP contribution in [0.1, 0.15) is 90.5 Å². The van der Waals surface area contributed by atoms with Crippen molar-refractivity contribution in [2.24, 2.45) is 0 Å². The average Bonchev–Trinajstić information content (AvgIpc) is 3.22. The van der Waals surface area contributed by atoms with Gasteiger partial charge >= 0.3 is 12.1 Å². The maximum Gasteiger partial charge on any atom is 0.408 e. The van der Waals surface area contributed by atoms with Gasteiger partial charge in [0.1, 0.15) is 11.6 Å². The van der Waals surface area contributed by atoms with E-state index in [1.54, 1.807) is 27.0 Å². The van der Waals surface area contributed by atoms with Crippen molar-refractivity contribution < 1.29 is 19.4 Å². The first-order valence-corrected chi connectivity index (χ1v) is 13.2. The fourth-order valence-electron chi connectivity index (χ4n) is 5.04. The number of fused-ring (bicyclic) bond motifs is 1. The minimum Gasteiger partial charge on any atom is -0.480 e. The largest absolute Gasteiger partial charge is 0.480 e. The van der Waals surface area contributed by atoms with E-state index in [1.165, 1.54) is 64.2 Å². The van der Waals surface area contributed by atoms with Gasteiger partial charge in [-0.2, -0.15) is 0 Å². The molecule has 7 heteroatoms. The molecule has 0 aliphatic heterocycles. The molecule has 4 rings (SSSR count). The Bertz CT molecular complexity index is 921. The molecule has 194 valence electrons. The minimum atomic E-state index is -1.10. The number of carbonyl (C=O) groups excluding carboxylic acids is 1. The molecule has 2 aliphatic rings. The average molecular weight is 486 g/mol. The molecule has 35 heavy (non-hydrogen) atoms. The molecule has 2 fully saturated rings. The molecule has 1 heterocycles. The Balaban J connectivity index is 0.000000223. The van der Waals surface area contributed by atoms with E-state index in [0.717, 1.165) is 28.6 Å². The smallest absolute Gasteiger partial charge is 0.408 e. The molecular formula is C28H43N3O4. The van der Waals surface area contributed by atoms with Crippen molar-refractivity contribution in [3.63, 3.8) is 0 Å². The number of rotatable bonds is 6. The summed E-state index contributed by atoms with van der Waals surface area (Å²) in [5.74, 6) is -1.10. The van der Waals surface area contributed by atoms with E-state index in [2.05, 4.69) is 15.6 Å². The van der Waals surface area contributed by atoms with Crippen LogP contribution < -0.4 is 10.6 Å². The first kappa shape index (κ1) is 27.1. The lowest BCUT2D eigenvalue weighted by Gasteiger charge is -2.30. The van der Waals surface area contributed by atoms with Gasteiger partial charge in [-0.3, -0.25) is 0 Å². The Kier molecular flexibility index (Phi) is 10.0. The van der Waals surface area contributed by atoms with Gasteiger partial charge in [0, 0.05) is 35.6 Å². The minimum absolute atomic E-state index is 0.179. The highest BCUT2D eigenvalue weighted by Crippen LogP contribution is 2.23. The molecule has 2 aliphatic carbocycles. The number of hydrogen-bond acceptors (Lipinski definition) is 4. The van der Waals surface area contributed by atoms with Crippen LogP contribution in [0.5, 0.6) is 0 Å². The summed E-state index contributed by atoms with van der Waals surface area (Å²) >= 11 is 0. The van der Waals surface area contributed by atoms with E-state index in [9.17, 15) is 14.7 Å². The number of ether oxygens (including phenoxy) is 1. The zero-order valence-corrected chi connectivity index (χ0v) is 21.6. The molecule has 1 aromatic carbocycles. The third-order valence-electron chi connectivity index (χ3n) is 6.77. The van der Waals surface area contributed by atoms with Gasteiger partial charge in [-0.25, -0.2) is 9.59 Å². The first-order chi connectivity index (χ1) is 16.7. The zero-order valence-electron chi connectivity index (χ0n) is 21.6. The number of H-pyrrole nitrogens is 1. The third-order valence-corrected chi connectivity index (χ3v) is 6.77. The van der Waals surface area contributed by atoms with Crippen molar-refractivity contribution in [3.05, 3.63) is 36.0 Å². The number of carboxylic acids is 1. The highest BCUT2D eigenvalue weighted by Gasteiger charge is 2.25. The number of amides is 1. The summed E-state index contributed by atoms with van der Waals surface area (Å²) in [5, 5.41) is 16.5. The van der Waals surface area contributed by atoms with E-state index < -0.39 is 23.7 Å². The second-order valence-corrected chi connectivity index (χ2v) is 10.9. The van der Waals surface area contributed by atoms with Crippen LogP contribution >= 0.6 is 0 Å². The fourth-order valence-corrected chi connectivity index (χ4v) is 5.04. The number of aliphatic carboxylic acids is 1. The maximum absolute atomic E-state index is 11.8. The van der Waals surface area contributed by atoms with E-state index >= 15 is 0 Å². The molecule has 7 nitrogen and oxygen atoms in total. The van der Waals surface area contributed by atoms with Crippen molar-refractivity contribution in [3.8, 4) is 0 Å². The second-order valence-electron chi connectivity index (χ2n) is 10.9. The second kappa shape index (κ2) is 13.0. The summed E-state index contributed by atoms with van der Waals surface area (Å²) in [4.78, 5) is 26.2. The van der Waals surface area contributed by atoms with E-state index in [1.807, 2.05) is 24.3 Å². The summed E-state index contributed by atoms with van der Waals surface area (Å²) in [6.07, 6.45) is 15.8. The summed E-state index contributed by atoms with van der Waals surface area (Å²) in [6, 6.07) is 8.30. The number of nitrogens with one attached hydrogen (secondary N) is 3. The van der Waals surface area contributed by atoms with Crippen LogP contribution in [0.4, 0.5) is 4.79 Å². The molecule has 1 aromatic heterocycles. The van der Waals surface area contributed by atoms with Crippen LogP contribution in [0.3, 0.4) is 0 Å².